The first-order valence-corrected chi connectivity index (χ1v) is 5.74. The number of ether oxygens (including phenoxy) is 1. The SMILES string of the molecule is CCOCCCC(N)c1cc(C)cc(F)c1. The van der Waals surface area contributed by atoms with E-state index < -0.39 is 0 Å². The quantitative estimate of drug-likeness (QED) is 0.755. The van der Waals surface area contributed by atoms with Gasteiger partial charge in [-0.3, -0.25) is 0 Å². The third-order valence-corrected chi connectivity index (χ3v) is 2.50. The van der Waals surface area contributed by atoms with Crippen molar-refractivity contribution in [1.82, 2.24) is 0 Å². The van der Waals surface area contributed by atoms with Crippen molar-refractivity contribution in [2.45, 2.75) is 32.7 Å². The van der Waals surface area contributed by atoms with Gasteiger partial charge in [0, 0.05) is 19.3 Å². The average Bonchev–Trinajstić information content (AvgIpc) is 2.22. The smallest absolute Gasteiger partial charge is 0.123 e. The molecule has 0 saturated heterocycles. The molecule has 0 aromatic heterocycles. The second kappa shape index (κ2) is 6.61. The molecule has 1 unspecified atom stereocenters. The van der Waals surface area contributed by atoms with E-state index in [0.29, 0.717) is 0 Å². The molecule has 0 aliphatic heterocycles. The lowest BCUT2D eigenvalue weighted by Crippen LogP contribution is -2.12. The highest BCUT2D eigenvalue weighted by atomic mass is 19.1. The van der Waals surface area contributed by atoms with Gasteiger partial charge in [-0.05, 0) is 49.9 Å². The second-order valence-corrected chi connectivity index (χ2v) is 4.01. The van der Waals surface area contributed by atoms with Gasteiger partial charge in [-0.1, -0.05) is 6.07 Å². The van der Waals surface area contributed by atoms with Crippen LogP contribution in [0.25, 0.3) is 0 Å². The van der Waals surface area contributed by atoms with E-state index in [0.717, 1.165) is 37.2 Å². The predicted molar refractivity (Wildman–Crippen MR) is 63.8 cm³/mol. The summed E-state index contributed by atoms with van der Waals surface area (Å²) in [6, 6.07) is 4.86. The van der Waals surface area contributed by atoms with Crippen molar-refractivity contribution < 1.29 is 9.13 Å². The Hall–Kier alpha value is -0.930. The van der Waals surface area contributed by atoms with Gasteiger partial charge in [0.25, 0.3) is 0 Å². The molecular formula is C13H20FNO. The molecule has 90 valence electrons. The van der Waals surface area contributed by atoms with Crippen LogP contribution < -0.4 is 5.73 Å². The fourth-order valence-corrected chi connectivity index (χ4v) is 1.69. The Balaban J connectivity index is 2.48. The first kappa shape index (κ1) is 13.1. The maximum absolute atomic E-state index is 13.2. The van der Waals surface area contributed by atoms with Gasteiger partial charge in [-0.15, -0.1) is 0 Å². The normalized spacial score (nSPS) is 12.8. The van der Waals surface area contributed by atoms with E-state index in [-0.39, 0.29) is 11.9 Å². The standard InChI is InChI=1S/C13H20FNO/c1-3-16-6-4-5-13(15)11-7-10(2)8-12(14)9-11/h7-9,13H,3-6,15H2,1-2H3. The summed E-state index contributed by atoms with van der Waals surface area (Å²) in [5.41, 5.74) is 7.77. The van der Waals surface area contributed by atoms with E-state index in [1.54, 1.807) is 0 Å². The Kier molecular flexibility index (Phi) is 5.43. The van der Waals surface area contributed by atoms with Crippen molar-refractivity contribution in [3.63, 3.8) is 0 Å². The zero-order chi connectivity index (χ0) is 12.0. The van der Waals surface area contributed by atoms with E-state index in [9.17, 15) is 4.39 Å². The molecule has 2 N–H and O–H groups in total. The number of rotatable bonds is 6. The van der Waals surface area contributed by atoms with Crippen LogP contribution in [0.4, 0.5) is 4.39 Å². The van der Waals surface area contributed by atoms with Crippen molar-refractivity contribution in [3.05, 3.63) is 35.1 Å². The van der Waals surface area contributed by atoms with Gasteiger partial charge in [-0.25, -0.2) is 4.39 Å². The summed E-state index contributed by atoms with van der Waals surface area (Å²) in [6.07, 6.45) is 1.73. The van der Waals surface area contributed by atoms with Gasteiger partial charge >= 0.3 is 0 Å². The summed E-state index contributed by atoms with van der Waals surface area (Å²) in [6.45, 7) is 5.29. The molecule has 1 atom stereocenters. The highest BCUT2D eigenvalue weighted by Gasteiger charge is 2.07. The maximum Gasteiger partial charge on any atom is 0.123 e. The van der Waals surface area contributed by atoms with Crippen molar-refractivity contribution >= 4 is 0 Å². The largest absolute Gasteiger partial charge is 0.382 e. The first-order chi connectivity index (χ1) is 7.63. The van der Waals surface area contributed by atoms with Crippen LogP contribution in [0.1, 0.15) is 36.9 Å². The summed E-state index contributed by atoms with van der Waals surface area (Å²) in [7, 11) is 0. The van der Waals surface area contributed by atoms with Crippen LogP contribution in [0, 0.1) is 12.7 Å². The van der Waals surface area contributed by atoms with E-state index in [1.807, 2.05) is 19.9 Å². The van der Waals surface area contributed by atoms with Crippen LogP contribution >= 0.6 is 0 Å². The predicted octanol–water partition coefficient (Wildman–Crippen LogP) is 2.95. The monoisotopic (exact) mass is 225 g/mol. The number of benzene rings is 1. The minimum absolute atomic E-state index is 0.102. The Morgan fingerprint density at radius 2 is 2.12 bits per heavy atom. The van der Waals surface area contributed by atoms with E-state index in [2.05, 4.69) is 0 Å². The summed E-state index contributed by atoms with van der Waals surface area (Å²) < 4.78 is 18.4. The molecule has 0 fully saturated rings. The van der Waals surface area contributed by atoms with Crippen molar-refractivity contribution in [2.24, 2.45) is 5.73 Å². The Morgan fingerprint density at radius 3 is 2.75 bits per heavy atom. The van der Waals surface area contributed by atoms with Crippen molar-refractivity contribution in [1.29, 1.82) is 0 Å². The summed E-state index contributed by atoms with van der Waals surface area (Å²) in [5.74, 6) is -0.213. The van der Waals surface area contributed by atoms with Gasteiger partial charge in [0.1, 0.15) is 5.82 Å². The third kappa shape index (κ3) is 4.29. The fraction of sp³-hybridized carbons (Fsp3) is 0.538. The molecule has 3 heteroatoms. The van der Waals surface area contributed by atoms with Crippen LogP contribution in [-0.4, -0.2) is 13.2 Å². The first-order valence-electron chi connectivity index (χ1n) is 5.74. The highest BCUT2D eigenvalue weighted by Crippen LogP contribution is 2.18. The number of halogens is 1. The minimum atomic E-state index is -0.213. The van der Waals surface area contributed by atoms with Crippen LogP contribution in [-0.2, 0) is 4.74 Å². The van der Waals surface area contributed by atoms with Crippen molar-refractivity contribution in [2.75, 3.05) is 13.2 Å². The Morgan fingerprint density at radius 1 is 1.38 bits per heavy atom. The summed E-state index contributed by atoms with van der Waals surface area (Å²) >= 11 is 0. The van der Waals surface area contributed by atoms with E-state index in [1.165, 1.54) is 12.1 Å². The molecule has 0 aliphatic rings. The molecule has 0 spiro atoms. The lowest BCUT2D eigenvalue weighted by atomic mass is 10.0. The summed E-state index contributed by atoms with van der Waals surface area (Å²) in [5, 5.41) is 0. The lowest BCUT2D eigenvalue weighted by molar-refractivity contribution is 0.142. The second-order valence-electron chi connectivity index (χ2n) is 4.01. The minimum Gasteiger partial charge on any atom is -0.382 e. The van der Waals surface area contributed by atoms with E-state index in [4.69, 9.17) is 10.5 Å². The molecule has 1 aromatic rings. The molecule has 0 aliphatic carbocycles. The molecular weight excluding hydrogens is 205 g/mol. The van der Waals surface area contributed by atoms with Crippen LogP contribution in [0.3, 0.4) is 0 Å². The molecule has 16 heavy (non-hydrogen) atoms. The summed E-state index contributed by atoms with van der Waals surface area (Å²) in [4.78, 5) is 0. The van der Waals surface area contributed by atoms with Crippen LogP contribution in [0.15, 0.2) is 18.2 Å². The lowest BCUT2D eigenvalue weighted by Gasteiger charge is -2.12. The molecule has 0 bridgehead atoms. The van der Waals surface area contributed by atoms with E-state index >= 15 is 0 Å². The molecule has 1 aromatic carbocycles. The molecule has 0 radical (unpaired) electrons. The van der Waals surface area contributed by atoms with Crippen LogP contribution in [0.2, 0.25) is 0 Å². The number of hydrogen-bond donors (Lipinski definition) is 1. The third-order valence-electron chi connectivity index (χ3n) is 2.50. The van der Waals surface area contributed by atoms with Gasteiger partial charge in [-0.2, -0.15) is 0 Å². The number of hydrogen-bond acceptors (Lipinski definition) is 2. The molecule has 0 amide bonds. The molecule has 1 rings (SSSR count). The topological polar surface area (TPSA) is 35.2 Å². The Bertz CT molecular complexity index is 307. The van der Waals surface area contributed by atoms with Gasteiger partial charge < -0.3 is 10.5 Å². The molecule has 2 nitrogen and oxygen atoms in total. The number of aryl methyl sites for hydroxylation is 1. The van der Waals surface area contributed by atoms with Gasteiger partial charge in [0.05, 0.1) is 0 Å². The molecule has 0 saturated carbocycles. The Labute approximate surface area is 96.6 Å². The zero-order valence-corrected chi connectivity index (χ0v) is 10.0. The number of nitrogens with two attached hydrogens (primary N) is 1. The maximum atomic E-state index is 13.2. The fourth-order valence-electron chi connectivity index (χ4n) is 1.69. The van der Waals surface area contributed by atoms with Crippen molar-refractivity contribution in [3.8, 4) is 0 Å². The van der Waals surface area contributed by atoms with Gasteiger partial charge in [0.2, 0.25) is 0 Å². The average molecular weight is 225 g/mol. The van der Waals surface area contributed by atoms with Crippen LogP contribution in [0.5, 0.6) is 0 Å². The highest BCUT2D eigenvalue weighted by molar-refractivity contribution is 5.25. The zero-order valence-electron chi connectivity index (χ0n) is 10.0. The molecule has 0 heterocycles. The van der Waals surface area contributed by atoms with Gasteiger partial charge in [0.15, 0.2) is 0 Å².